The molecule has 2 heterocycles. The minimum Gasteiger partial charge on any atom is -0.443 e. The number of amides is 1. The summed E-state index contributed by atoms with van der Waals surface area (Å²) in [5, 5.41) is 5.05. The molecule has 1 aromatic heterocycles. The summed E-state index contributed by atoms with van der Waals surface area (Å²) in [6.07, 6.45) is 1.66. The van der Waals surface area contributed by atoms with Gasteiger partial charge < -0.3 is 14.1 Å². The molecule has 9 heteroatoms. The molecule has 0 aromatic carbocycles. The number of nitrogens with zero attached hydrogens (tertiary/aromatic N) is 1. The van der Waals surface area contributed by atoms with Gasteiger partial charge in [0.25, 0.3) is 5.91 Å². The monoisotopic (exact) mass is 380 g/mol. The highest BCUT2D eigenvalue weighted by Gasteiger charge is 2.35. The standard InChI is InChI=1S/C12H17BrN2O5S/c1-12(19-2)4-3-5-15(7-12)11(16)8-6-9(10(13)20-8)21(14,17)18/h6H,3-5,7H2,1-2H3,(H2,14,17,18). The number of piperidine rings is 1. The number of ether oxygens (including phenoxy) is 1. The molecular formula is C12H17BrN2O5S. The van der Waals surface area contributed by atoms with Crippen LogP contribution in [-0.4, -0.2) is 45.0 Å². The molecule has 21 heavy (non-hydrogen) atoms. The van der Waals surface area contributed by atoms with Crippen LogP contribution in [0.3, 0.4) is 0 Å². The summed E-state index contributed by atoms with van der Waals surface area (Å²) in [5.41, 5.74) is -0.402. The molecule has 1 unspecified atom stereocenters. The van der Waals surface area contributed by atoms with Gasteiger partial charge in [0.05, 0.1) is 5.60 Å². The van der Waals surface area contributed by atoms with Gasteiger partial charge in [-0.2, -0.15) is 0 Å². The van der Waals surface area contributed by atoms with Gasteiger partial charge in [0, 0.05) is 26.3 Å². The highest BCUT2D eigenvalue weighted by molar-refractivity contribution is 9.10. The Hall–Kier alpha value is -0.900. The third-order valence-electron chi connectivity index (χ3n) is 3.61. The number of halogens is 1. The Bertz CT molecular complexity index is 657. The fraction of sp³-hybridized carbons (Fsp3) is 0.583. The van der Waals surface area contributed by atoms with Crippen molar-refractivity contribution in [2.24, 2.45) is 5.14 Å². The SMILES string of the molecule is COC1(C)CCCN(C(=O)c2cc(S(N)(=O)=O)c(Br)o2)C1. The van der Waals surface area contributed by atoms with Gasteiger partial charge in [-0.1, -0.05) is 0 Å². The molecule has 0 saturated carbocycles. The van der Waals surface area contributed by atoms with Gasteiger partial charge in [-0.3, -0.25) is 4.79 Å². The van der Waals surface area contributed by atoms with Gasteiger partial charge in [0.1, 0.15) is 4.90 Å². The van der Waals surface area contributed by atoms with E-state index in [4.69, 9.17) is 14.3 Å². The topological polar surface area (TPSA) is 103 Å². The molecular weight excluding hydrogens is 364 g/mol. The van der Waals surface area contributed by atoms with Crippen molar-refractivity contribution in [2.45, 2.75) is 30.3 Å². The van der Waals surface area contributed by atoms with Crippen molar-refractivity contribution in [1.82, 2.24) is 4.90 Å². The van der Waals surface area contributed by atoms with Crippen LogP contribution in [0.25, 0.3) is 0 Å². The zero-order valence-electron chi connectivity index (χ0n) is 11.8. The number of carbonyl (C=O) groups excluding carboxylic acids is 1. The van der Waals surface area contributed by atoms with Crippen LogP contribution < -0.4 is 5.14 Å². The first-order valence-corrected chi connectivity index (χ1v) is 8.67. The number of primary sulfonamides is 1. The summed E-state index contributed by atoms with van der Waals surface area (Å²) >= 11 is 2.96. The molecule has 0 bridgehead atoms. The predicted octanol–water partition coefficient (Wildman–Crippen LogP) is 1.33. The Balaban J connectivity index is 2.25. The molecule has 7 nitrogen and oxygen atoms in total. The molecule has 2 N–H and O–H groups in total. The summed E-state index contributed by atoms with van der Waals surface area (Å²) < 4.78 is 33.3. The number of hydrogen-bond donors (Lipinski definition) is 1. The molecule has 1 aliphatic rings. The Morgan fingerprint density at radius 3 is 2.76 bits per heavy atom. The lowest BCUT2D eigenvalue weighted by molar-refractivity contribution is -0.0445. The van der Waals surface area contributed by atoms with E-state index in [9.17, 15) is 13.2 Å². The Labute approximate surface area is 131 Å². The van der Waals surface area contributed by atoms with Crippen LogP contribution in [0.5, 0.6) is 0 Å². The van der Waals surface area contributed by atoms with Crippen LogP contribution in [0.15, 0.2) is 20.0 Å². The predicted molar refractivity (Wildman–Crippen MR) is 78.3 cm³/mol. The maximum absolute atomic E-state index is 12.4. The largest absolute Gasteiger partial charge is 0.443 e. The van der Waals surface area contributed by atoms with E-state index in [0.29, 0.717) is 13.1 Å². The maximum atomic E-state index is 12.4. The second kappa shape index (κ2) is 5.71. The van der Waals surface area contributed by atoms with Crippen LogP contribution in [0, 0.1) is 0 Å². The van der Waals surface area contributed by atoms with Gasteiger partial charge in [-0.25, -0.2) is 13.6 Å². The lowest BCUT2D eigenvalue weighted by Crippen LogP contribution is -2.49. The Kier molecular flexibility index (Phi) is 4.48. The molecule has 2 rings (SSSR count). The summed E-state index contributed by atoms with van der Waals surface area (Å²) in [5.74, 6) is -0.445. The van der Waals surface area contributed by atoms with E-state index in [0.717, 1.165) is 18.9 Å². The third kappa shape index (κ3) is 3.47. The van der Waals surface area contributed by atoms with Crippen LogP contribution >= 0.6 is 15.9 Å². The smallest absolute Gasteiger partial charge is 0.289 e. The molecule has 1 aromatic rings. The number of rotatable bonds is 3. The fourth-order valence-electron chi connectivity index (χ4n) is 2.35. The highest BCUT2D eigenvalue weighted by atomic mass is 79.9. The van der Waals surface area contributed by atoms with Gasteiger partial charge in [-0.15, -0.1) is 0 Å². The van der Waals surface area contributed by atoms with E-state index >= 15 is 0 Å². The molecule has 1 aliphatic heterocycles. The average Bonchev–Trinajstić information content (AvgIpc) is 2.80. The minimum absolute atomic E-state index is 0.0637. The van der Waals surface area contributed by atoms with E-state index in [1.165, 1.54) is 0 Å². The van der Waals surface area contributed by atoms with E-state index in [2.05, 4.69) is 15.9 Å². The van der Waals surface area contributed by atoms with Gasteiger partial charge in [-0.05, 0) is 35.7 Å². The molecule has 1 atom stereocenters. The number of carbonyl (C=O) groups is 1. The molecule has 1 fully saturated rings. The van der Waals surface area contributed by atoms with Crippen molar-refractivity contribution in [3.8, 4) is 0 Å². The normalized spacial score (nSPS) is 23.3. The molecule has 0 radical (unpaired) electrons. The second-order valence-electron chi connectivity index (χ2n) is 5.28. The number of furan rings is 1. The van der Waals surface area contributed by atoms with Crippen LogP contribution in [0.2, 0.25) is 0 Å². The van der Waals surface area contributed by atoms with Crippen LogP contribution in [0.1, 0.15) is 30.3 Å². The molecule has 1 amide bonds. The van der Waals surface area contributed by atoms with Gasteiger partial charge in [0.2, 0.25) is 10.0 Å². The molecule has 118 valence electrons. The van der Waals surface area contributed by atoms with Gasteiger partial charge >= 0.3 is 0 Å². The quantitative estimate of drug-likeness (QED) is 0.851. The van der Waals surface area contributed by atoms with Crippen molar-refractivity contribution in [1.29, 1.82) is 0 Å². The van der Waals surface area contributed by atoms with Crippen molar-refractivity contribution in [3.63, 3.8) is 0 Å². The second-order valence-corrected chi connectivity index (χ2v) is 7.53. The van der Waals surface area contributed by atoms with Crippen molar-refractivity contribution < 1.29 is 22.4 Å². The lowest BCUT2D eigenvalue weighted by Gasteiger charge is -2.39. The van der Waals surface area contributed by atoms with Crippen molar-refractivity contribution >= 4 is 31.9 Å². The van der Waals surface area contributed by atoms with E-state index in [1.807, 2.05) is 6.92 Å². The fourth-order valence-corrected chi connectivity index (χ4v) is 3.86. The molecule has 1 saturated heterocycles. The van der Waals surface area contributed by atoms with Crippen LogP contribution in [0.4, 0.5) is 0 Å². The third-order valence-corrected chi connectivity index (χ3v) is 5.38. The number of methoxy groups -OCH3 is 1. The average molecular weight is 381 g/mol. The summed E-state index contributed by atoms with van der Waals surface area (Å²) in [7, 11) is -2.33. The minimum atomic E-state index is -3.94. The first kappa shape index (κ1) is 16.5. The zero-order valence-corrected chi connectivity index (χ0v) is 14.2. The van der Waals surface area contributed by atoms with Crippen molar-refractivity contribution in [2.75, 3.05) is 20.2 Å². The first-order valence-electron chi connectivity index (χ1n) is 6.33. The van der Waals surface area contributed by atoms with E-state index in [1.54, 1.807) is 12.0 Å². The first-order chi connectivity index (χ1) is 9.66. The lowest BCUT2D eigenvalue weighted by atomic mass is 9.94. The van der Waals surface area contributed by atoms with Gasteiger partial charge in [0.15, 0.2) is 10.4 Å². The van der Waals surface area contributed by atoms with Crippen molar-refractivity contribution in [3.05, 3.63) is 16.5 Å². The van der Waals surface area contributed by atoms with E-state index < -0.39 is 15.6 Å². The molecule has 0 spiro atoms. The Morgan fingerprint density at radius 2 is 2.24 bits per heavy atom. The Morgan fingerprint density at radius 1 is 1.57 bits per heavy atom. The zero-order chi connectivity index (χ0) is 15.8. The van der Waals surface area contributed by atoms with E-state index in [-0.39, 0.29) is 21.2 Å². The maximum Gasteiger partial charge on any atom is 0.289 e. The summed E-state index contributed by atoms with van der Waals surface area (Å²) in [4.78, 5) is 13.8. The molecule has 0 aliphatic carbocycles. The summed E-state index contributed by atoms with van der Waals surface area (Å²) in [6, 6.07) is 1.14. The number of sulfonamides is 1. The number of hydrogen-bond acceptors (Lipinski definition) is 5. The number of nitrogens with two attached hydrogens (primary N) is 1. The highest BCUT2D eigenvalue weighted by Crippen LogP contribution is 2.29. The van der Waals surface area contributed by atoms with Crippen LogP contribution in [-0.2, 0) is 14.8 Å². The number of likely N-dealkylation sites (tertiary alicyclic amines) is 1. The summed E-state index contributed by atoms with van der Waals surface area (Å²) in [6.45, 7) is 2.92.